The molecule has 0 aromatic rings. The molecule has 0 aliphatic rings. The summed E-state index contributed by atoms with van der Waals surface area (Å²) in [5.41, 5.74) is 0. The van der Waals surface area contributed by atoms with Crippen molar-refractivity contribution in [2.45, 2.75) is 32.8 Å². The Morgan fingerprint density at radius 1 is 1.45 bits per heavy atom. The maximum Gasteiger partial charge on any atom is 0.334 e. The van der Waals surface area contributed by atoms with E-state index < -0.39 is 0 Å². The first-order valence-corrected chi connectivity index (χ1v) is 3.95. The van der Waals surface area contributed by atoms with E-state index >= 15 is 0 Å². The molecule has 0 aliphatic carbocycles. The summed E-state index contributed by atoms with van der Waals surface area (Å²) in [7, 11) is 1.38. The zero-order chi connectivity index (χ0) is 8.69. The Morgan fingerprint density at radius 3 is 2.45 bits per heavy atom. The third-order valence-electron chi connectivity index (χ3n) is 1.36. The van der Waals surface area contributed by atoms with E-state index in [0.717, 1.165) is 6.42 Å². The van der Waals surface area contributed by atoms with Gasteiger partial charge in [-0.3, -0.25) is 0 Å². The van der Waals surface area contributed by atoms with Gasteiger partial charge < -0.3 is 9.47 Å². The second-order valence-corrected chi connectivity index (χ2v) is 2.29. The van der Waals surface area contributed by atoms with Crippen LogP contribution in [0, 0.1) is 0 Å². The first-order valence-electron chi connectivity index (χ1n) is 3.95. The van der Waals surface area contributed by atoms with Gasteiger partial charge in [-0.2, -0.15) is 0 Å². The molecule has 11 heavy (non-hydrogen) atoms. The van der Waals surface area contributed by atoms with E-state index in [0.29, 0.717) is 13.0 Å². The van der Waals surface area contributed by atoms with Crippen LogP contribution in [0.1, 0.15) is 26.7 Å². The Bertz CT molecular complexity index is 112. The van der Waals surface area contributed by atoms with Crippen LogP contribution in [0.5, 0.6) is 0 Å². The van der Waals surface area contributed by atoms with Crippen LogP contribution < -0.4 is 0 Å². The number of ether oxygens (including phenoxy) is 2. The smallest absolute Gasteiger partial charge is 0.334 e. The van der Waals surface area contributed by atoms with Crippen LogP contribution in [0.15, 0.2) is 0 Å². The Hall–Kier alpha value is -0.570. The van der Waals surface area contributed by atoms with Crippen molar-refractivity contribution in [3.8, 4) is 0 Å². The van der Waals surface area contributed by atoms with E-state index in [9.17, 15) is 4.79 Å². The predicted molar refractivity (Wildman–Crippen MR) is 42.3 cm³/mol. The molecule has 3 nitrogen and oxygen atoms in total. The molecule has 0 aliphatic heterocycles. The van der Waals surface area contributed by atoms with E-state index in [1.807, 2.05) is 13.8 Å². The fourth-order valence-corrected chi connectivity index (χ4v) is 0.744. The molecule has 0 amide bonds. The number of carbonyl (C=O) groups excluding carboxylic acids is 1. The number of esters is 1. The summed E-state index contributed by atoms with van der Waals surface area (Å²) in [4.78, 5) is 10.9. The average Bonchev–Trinajstić information content (AvgIpc) is 2.05. The van der Waals surface area contributed by atoms with Gasteiger partial charge in [0.15, 0.2) is 6.10 Å². The normalized spacial score (nSPS) is 12.6. The second-order valence-electron chi connectivity index (χ2n) is 2.29. The Balaban J connectivity index is 3.65. The highest BCUT2D eigenvalue weighted by Gasteiger charge is 2.16. The quantitative estimate of drug-likeness (QED) is 0.570. The molecular formula is C8H16O3. The molecule has 0 saturated heterocycles. The highest BCUT2D eigenvalue weighted by atomic mass is 16.6. The standard InChI is InChI=1S/C8H16O3/c1-4-6-11-7(5-2)8(9)10-3/h7H,4-6H2,1-3H3. The third kappa shape index (κ3) is 3.98. The van der Waals surface area contributed by atoms with Crippen molar-refractivity contribution in [3.63, 3.8) is 0 Å². The van der Waals surface area contributed by atoms with Crippen LogP contribution in [0.4, 0.5) is 0 Å². The first-order chi connectivity index (χ1) is 5.26. The number of carbonyl (C=O) groups is 1. The highest BCUT2D eigenvalue weighted by Crippen LogP contribution is 2.00. The van der Waals surface area contributed by atoms with Gasteiger partial charge in [-0.05, 0) is 12.8 Å². The number of rotatable bonds is 5. The summed E-state index contributed by atoms with van der Waals surface area (Å²) >= 11 is 0. The fourth-order valence-electron chi connectivity index (χ4n) is 0.744. The van der Waals surface area contributed by atoms with Crippen molar-refractivity contribution in [1.82, 2.24) is 0 Å². The minimum Gasteiger partial charge on any atom is -0.467 e. The summed E-state index contributed by atoms with van der Waals surface area (Å²) in [5, 5.41) is 0. The van der Waals surface area contributed by atoms with E-state index in [1.54, 1.807) is 0 Å². The van der Waals surface area contributed by atoms with Crippen molar-refractivity contribution in [3.05, 3.63) is 0 Å². The molecule has 0 aromatic heterocycles. The molecular weight excluding hydrogens is 144 g/mol. The third-order valence-corrected chi connectivity index (χ3v) is 1.36. The van der Waals surface area contributed by atoms with Crippen LogP contribution in [-0.2, 0) is 14.3 Å². The summed E-state index contributed by atoms with van der Waals surface area (Å²) in [6.07, 6.45) is 1.22. The molecule has 0 fully saturated rings. The summed E-state index contributed by atoms with van der Waals surface area (Å²) < 4.78 is 9.75. The Morgan fingerprint density at radius 2 is 2.09 bits per heavy atom. The molecule has 0 spiro atoms. The number of methoxy groups -OCH3 is 1. The first kappa shape index (κ1) is 10.4. The van der Waals surface area contributed by atoms with Crippen LogP contribution in [-0.4, -0.2) is 25.8 Å². The molecule has 0 rings (SSSR count). The van der Waals surface area contributed by atoms with Crippen molar-refractivity contribution in [2.75, 3.05) is 13.7 Å². The van der Waals surface area contributed by atoms with Gasteiger partial charge in [0.25, 0.3) is 0 Å². The summed E-state index contributed by atoms with van der Waals surface area (Å²) in [5.74, 6) is -0.277. The van der Waals surface area contributed by atoms with Gasteiger partial charge in [0, 0.05) is 6.61 Å². The number of hydrogen-bond donors (Lipinski definition) is 0. The number of hydrogen-bond acceptors (Lipinski definition) is 3. The lowest BCUT2D eigenvalue weighted by molar-refractivity contribution is -0.154. The lowest BCUT2D eigenvalue weighted by Crippen LogP contribution is -2.25. The molecule has 0 N–H and O–H groups in total. The topological polar surface area (TPSA) is 35.5 Å². The molecule has 3 heteroatoms. The minimum absolute atomic E-state index is 0.277. The van der Waals surface area contributed by atoms with Gasteiger partial charge in [0.05, 0.1) is 7.11 Å². The monoisotopic (exact) mass is 160 g/mol. The van der Waals surface area contributed by atoms with Crippen molar-refractivity contribution in [2.24, 2.45) is 0 Å². The van der Waals surface area contributed by atoms with Crippen LogP contribution >= 0.6 is 0 Å². The molecule has 0 heterocycles. The van der Waals surface area contributed by atoms with Gasteiger partial charge in [0.1, 0.15) is 0 Å². The van der Waals surface area contributed by atoms with Crippen LogP contribution in [0.3, 0.4) is 0 Å². The lowest BCUT2D eigenvalue weighted by Gasteiger charge is -2.12. The molecule has 1 unspecified atom stereocenters. The van der Waals surface area contributed by atoms with Gasteiger partial charge >= 0.3 is 5.97 Å². The molecule has 0 aromatic carbocycles. The van der Waals surface area contributed by atoms with Crippen molar-refractivity contribution < 1.29 is 14.3 Å². The molecule has 0 saturated carbocycles. The largest absolute Gasteiger partial charge is 0.467 e. The highest BCUT2D eigenvalue weighted by molar-refractivity contribution is 5.74. The predicted octanol–water partition coefficient (Wildman–Crippen LogP) is 1.36. The Labute approximate surface area is 67.7 Å². The van der Waals surface area contributed by atoms with Gasteiger partial charge in [0.2, 0.25) is 0 Å². The molecule has 1 atom stereocenters. The maximum absolute atomic E-state index is 10.9. The zero-order valence-electron chi connectivity index (χ0n) is 7.42. The molecule has 66 valence electrons. The molecule has 0 bridgehead atoms. The van der Waals surface area contributed by atoms with E-state index in [1.165, 1.54) is 7.11 Å². The summed E-state index contributed by atoms with van der Waals surface area (Å²) in [6, 6.07) is 0. The van der Waals surface area contributed by atoms with Gasteiger partial charge in [-0.1, -0.05) is 13.8 Å². The van der Waals surface area contributed by atoms with Crippen molar-refractivity contribution in [1.29, 1.82) is 0 Å². The van der Waals surface area contributed by atoms with Crippen LogP contribution in [0.25, 0.3) is 0 Å². The SMILES string of the molecule is CCCOC(CC)C(=O)OC. The minimum atomic E-state index is -0.375. The second kappa shape index (κ2) is 6.16. The van der Waals surface area contributed by atoms with E-state index in [4.69, 9.17) is 4.74 Å². The molecule has 0 radical (unpaired) electrons. The van der Waals surface area contributed by atoms with Gasteiger partial charge in [-0.15, -0.1) is 0 Å². The zero-order valence-corrected chi connectivity index (χ0v) is 7.42. The van der Waals surface area contributed by atoms with Gasteiger partial charge in [-0.25, -0.2) is 4.79 Å². The summed E-state index contributed by atoms with van der Waals surface area (Å²) in [6.45, 7) is 4.52. The Kier molecular flexibility index (Phi) is 5.84. The van der Waals surface area contributed by atoms with E-state index in [-0.39, 0.29) is 12.1 Å². The van der Waals surface area contributed by atoms with E-state index in [2.05, 4.69) is 4.74 Å². The van der Waals surface area contributed by atoms with Crippen molar-refractivity contribution >= 4 is 5.97 Å². The fraction of sp³-hybridized carbons (Fsp3) is 0.875. The maximum atomic E-state index is 10.9. The average molecular weight is 160 g/mol. The van der Waals surface area contributed by atoms with Crippen LogP contribution in [0.2, 0.25) is 0 Å². The lowest BCUT2D eigenvalue weighted by atomic mass is 10.3.